The lowest BCUT2D eigenvalue weighted by atomic mass is 10.1. The number of halogens is 3. The van der Waals surface area contributed by atoms with Crippen LogP contribution in [-0.4, -0.2) is 17.3 Å². The molecule has 0 unspecified atom stereocenters. The van der Waals surface area contributed by atoms with Gasteiger partial charge in [0.25, 0.3) is 5.91 Å². The molecule has 1 heterocycles. The van der Waals surface area contributed by atoms with Crippen LogP contribution in [0.2, 0.25) is 0 Å². The number of aromatic nitrogens is 1. The number of nitrogens with zero attached hydrogens (tertiary/aromatic N) is 1. The highest BCUT2D eigenvalue weighted by atomic mass is 19.4. The molecule has 0 spiro atoms. The van der Waals surface area contributed by atoms with Crippen LogP contribution >= 0.6 is 0 Å². The van der Waals surface area contributed by atoms with Gasteiger partial charge < -0.3 is 10.1 Å². The van der Waals surface area contributed by atoms with Crippen LogP contribution in [0.4, 0.5) is 13.2 Å². The number of nitrogens with one attached hydrogen (secondary N) is 1. The minimum Gasteiger partial charge on any atom is -0.406 e. The molecule has 1 aliphatic rings. The van der Waals surface area contributed by atoms with Crippen molar-refractivity contribution in [3.63, 3.8) is 0 Å². The van der Waals surface area contributed by atoms with Gasteiger partial charge in [0.2, 0.25) is 0 Å². The smallest absolute Gasteiger partial charge is 0.406 e. The van der Waals surface area contributed by atoms with Gasteiger partial charge in [-0.2, -0.15) is 0 Å². The minimum atomic E-state index is -4.75. The van der Waals surface area contributed by atoms with E-state index in [9.17, 15) is 18.0 Å². The summed E-state index contributed by atoms with van der Waals surface area (Å²) in [6.07, 6.45) is 1.12. The molecule has 7 heteroatoms. The van der Waals surface area contributed by atoms with E-state index in [0.717, 1.165) is 17.7 Å². The highest BCUT2D eigenvalue weighted by Crippen LogP contribution is 2.39. The molecular formula is C17H15F3N2O2. The van der Waals surface area contributed by atoms with Crippen LogP contribution in [0, 0.1) is 0 Å². The van der Waals surface area contributed by atoms with E-state index in [1.165, 1.54) is 30.5 Å². The van der Waals surface area contributed by atoms with Crippen molar-refractivity contribution in [2.45, 2.75) is 31.7 Å². The normalized spacial score (nSPS) is 14.3. The van der Waals surface area contributed by atoms with Gasteiger partial charge in [-0.25, -0.2) is 0 Å². The van der Waals surface area contributed by atoms with E-state index in [1.54, 1.807) is 6.20 Å². The Balaban J connectivity index is 1.57. The van der Waals surface area contributed by atoms with Gasteiger partial charge in [0.05, 0.1) is 0 Å². The molecule has 1 amide bonds. The molecule has 1 fully saturated rings. The molecule has 1 N–H and O–H groups in total. The quantitative estimate of drug-likeness (QED) is 0.904. The largest absolute Gasteiger partial charge is 0.573 e. The van der Waals surface area contributed by atoms with E-state index >= 15 is 0 Å². The second-order valence-corrected chi connectivity index (χ2v) is 5.66. The fourth-order valence-electron chi connectivity index (χ4n) is 2.34. The Bertz CT molecular complexity index is 725. The molecular weight excluding hydrogens is 321 g/mol. The lowest BCUT2D eigenvalue weighted by Gasteiger charge is -2.10. The van der Waals surface area contributed by atoms with E-state index in [4.69, 9.17) is 0 Å². The topological polar surface area (TPSA) is 51.2 Å². The van der Waals surface area contributed by atoms with Gasteiger partial charge >= 0.3 is 6.36 Å². The van der Waals surface area contributed by atoms with E-state index in [0.29, 0.717) is 12.5 Å². The Morgan fingerprint density at radius 3 is 2.54 bits per heavy atom. The molecule has 0 bridgehead atoms. The van der Waals surface area contributed by atoms with Crippen molar-refractivity contribution in [3.8, 4) is 5.75 Å². The van der Waals surface area contributed by atoms with Gasteiger partial charge in [0.15, 0.2) is 0 Å². The maximum Gasteiger partial charge on any atom is 0.573 e. The summed E-state index contributed by atoms with van der Waals surface area (Å²) >= 11 is 0. The lowest BCUT2D eigenvalue weighted by Crippen LogP contribution is -2.23. The molecule has 1 aromatic heterocycles. The molecule has 1 aliphatic carbocycles. The van der Waals surface area contributed by atoms with Crippen LogP contribution in [0.3, 0.4) is 0 Å². The van der Waals surface area contributed by atoms with Crippen LogP contribution in [0.5, 0.6) is 5.75 Å². The van der Waals surface area contributed by atoms with E-state index in [2.05, 4.69) is 15.0 Å². The first-order valence-electron chi connectivity index (χ1n) is 7.48. The van der Waals surface area contributed by atoms with Crippen LogP contribution in [0.15, 0.2) is 42.7 Å². The number of hydrogen-bond donors (Lipinski definition) is 1. The number of ether oxygens (including phenoxy) is 1. The first-order chi connectivity index (χ1) is 11.4. The zero-order valence-electron chi connectivity index (χ0n) is 12.6. The third kappa shape index (κ3) is 4.47. The molecule has 1 aromatic carbocycles. The molecule has 4 nitrogen and oxygen atoms in total. The third-order valence-electron chi connectivity index (χ3n) is 3.67. The van der Waals surface area contributed by atoms with Gasteiger partial charge in [-0.1, -0.05) is 6.07 Å². The van der Waals surface area contributed by atoms with Crippen LogP contribution < -0.4 is 10.1 Å². The second-order valence-electron chi connectivity index (χ2n) is 5.66. The predicted octanol–water partition coefficient (Wildman–Crippen LogP) is 3.79. The first-order valence-corrected chi connectivity index (χ1v) is 7.48. The summed E-state index contributed by atoms with van der Waals surface area (Å²) in [7, 11) is 0. The molecule has 2 aromatic rings. The molecule has 0 atom stereocenters. The van der Waals surface area contributed by atoms with E-state index < -0.39 is 6.36 Å². The van der Waals surface area contributed by atoms with Crippen LogP contribution in [0.25, 0.3) is 0 Å². The Labute approximate surface area is 136 Å². The number of amides is 1. The molecule has 126 valence electrons. The fraction of sp³-hybridized carbons (Fsp3) is 0.294. The van der Waals surface area contributed by atoms with Crippen LogP contribution in [-0.2, 0) is 6.54 Å². The highest BCUT2D eigenvalue weighted by molar-refractivity contribution is 5.94. The average molecular weight is 336 g/mol. The van der Waals surface area contributed by atoms with Crippen molar-refractivity contribution in [2.75, 3.05) is 0 Å². The Hall–Kier alpha value is -2.57. The minimum absolute atomic E-state index is 0.260. The number of alkyl halides is 3. The monoisotopic (exact) mass is 336 g/mol. The van der Waals surface area contributed by atoms with Crippen molar-refractivity contribution < 1.29 is 22.7 Å². The van der Waals surface area contributed by atoms with Crippen molar-refractivity contribution in [3.05, 3.63) is 59.4 Å². The molecule has 0 saturated heterocycles. The number of pyridine rings is 1. The number of hydrogen-bond acceptors (Lipinski definition) is 3. The number of carbonyl (C=O) groups excluding carboxylic acids is 1. The third-order valence-corrected chi connectivity index (χ3v) is 3.67. The van der Waals surface area contributed by atoms with E-state index in [1.807, 2.05) is 12.3 Å². The van der Waals surface area contributed by atoms with Crippen molar-refractivity contribution in [2.24, 2.45) is 0 Å². The Kier molecular flexibility index (Phi) is 4.42. The summed E-state index contributed by atoms with van der Waals surface area (Å²) in [6, 6.07) is 6.81. The molecule has 0 aliphatic heterocycles. The summed E-state index contributed by atoms with van der Waals surface area (Å²) in [5, 5.41) is 2.73. The van der Waals surface area contributed by atoms with Crippen molar-refractivity contribution >= 4 is 5.91 Å². The number of carbonyl (C=O) groups is 1. The maximum atomic E-state index is 12.1. The summed E-state index contributed by atoms with van der Waals surface area (Å²) < 4.78 is 40.1. The highest BCUT2D eigenvalue weighted by Gasteiger charge is 2.31. The lowest BCUT2D eigenvalue weighted by molar-refractivity contribution is -0.274. The Morgan fingerprint density at radius 1 is 1.21 bits per heavy atom. The molecule has 24 heavy (non-hydrogen) atoms. The summed E-state index contributed by atoms with van der Waals surface area (Å²) in [5.41, 5.74) is 2.33. The van der Waals surface area contributed by atoms with E-state index in [-0.39, 0.29) is 17.2 Å². The van der Waals surface area contributed by atoms with Gasteiger partial charge in [0.1, 0.15) is 5.75 Å². The van der Waals surface area contributed by atoms with Gasteiger partial charge in [-0.3, -0.25) is 9.78 Å². The van der Waals surface area contributed by atoms with Crippen molar-refractivity contribution in [1.82, 2.24) is 10.3 Å². The molecule has 3 rings (SSSR count). The zero-order chi connectivity index (χ0) is 17.2. The first kappa shape index (κ1) is 16.3. The van der Waals surface area contributed by atoms with Crippen LogP contribution in [0.1, 0.15) is 40.2 Å². The van der Waals surface area contributed by atoms with Gasteiger partial charge in [-0.15, -0.1) is 13.2 Å². The van der Waals surface area contributed by atoms with Gasteiger partial charge in [0, 0.05) is 24.5 Å². The number of benzene rings is 1. The van der Waals surface area contributed by atoms with Crippen molar-refractivity contribution in [1.29, 1.82) is 0 Å². The molecule has 0 radical (unpaired) electrons. The standard InChI is InChI=1S/C17H15F3N2O2/c18-17(19,20)24-15-5-3-13(4-6-15)16(23)22-9-11-7-14(10-21-8-11)12-1-2-12/h3-8,10,12H,1-2,9H2,(H,22,23). The summed E-state index contributed by atoms with van der Waals surface area (Å²) in [4.78, 5) is 16.2. The second kappa shape index (κ2) is 6.51. The fourth-order valence-corrected chi connectivity index (χ4v) is 2.34. The SMILES string of the molecule is O=C(NCc1cncc(C2CC2)c1)c1ccc(OC(F)(F)F)cc1. The zero-order valence-corrected chi connectivity index (χ0v) is 12.6. The molecule has 1 saturated carbocycles. The Morgan fingerprint density at radius 2 is 1.92 bits per heavy atom. The predicted molar refractivity (Wildman–Crippen MR) is 80.5 cm³/mol. The van der Waals surface area contributed by atoms with Gasteiger partial charge in [-0.05, 0) is 54.2 Å². The summed E-state index contributed by atoms with van der Waals surface area (Å²) in [5.74, 6) is -0.153. The maximum absolute atomic E-state index is 12.1. The number of rotatable bonds is 5. The average Bonchev–Trinajstić information content (AvgIpc) is 3.37. The summed E-state index contributed by atoms with van der Waals surface area (Å²) in [6.45, 7) is 0.313.